The Labute approximate surface area is 134 Å². The van der Waals surface area contributed by atoms with Crippen LogP contribution in [0.1, 0.15) is 35.6 Å². The molecule has 120 valence electrons. The average molecular weight is 322 g/mol. The molecule has 6 nitrogen and oxygen atoms in total. The molecule has 1 saturated heterocycles. The second-order valence-corrected chi connectivity index (χ2v) is 6.47. The first-order chi connectivity index (χ1) is 10.7. The number of hydrogen-bond acceptors (Lipinski definition) is 7. The minimum atomic E-state index is 0.0460. The van der Waals surface area contributed by atoms with Gasteiger partial charge in [0.1, 0.15) is 0 Å². The first kappa shape index (κ1) is 15.6. The highest BCUT2D eigenvalue weighted by molar-refractivity contribution is 7.10. The molecule has 22 heavy (non-hydrogen) atoms. The zero-order valence-corrected chi connectivity index (χ0v) is 13.8. The van der Waals surface area contributed by atoms with Crippen LogP contribution in [0, 0.1) is 6.92 Å². The third-order valence-electron chi connectivity index (χ3n) is 3.89. The predicted molar refractivity (Wildman–Crippen MR) is 84.9 cm³/mol. The van der Waals surface area contributed by atoms with Crippen LogP contribution in [-0.2, 0) is 4.74 Å². The van der Waals surface area contributed by atoms with Crippen LogP contribution >= 0.6 is 11.3 Å². The van der Waals surface area contributed by atoms with E-state index < -0.39 is 0 Å². The topological polar surface area (TPSA) is 63.4 Å². The Morgan fingerprint density at radius 3 is 2.86 bits per heavy atom. The van der Waals surface area contributed by atoms with E-state index in [9.17, 15) is 0 Å². The van der Waals surface area contributed by atoms with Crippen LogP contribution in [0.4, 0.5) is 0 Å². The summed E-state index contributed by atoms with van der Waals surface area (Å²) < 4.78 is 10.7. The summed E-state index contributed by atoms with van der Waals surface area (Å²) in [4.78, 5) is 8.15. The molecule has 0 bridgehead atoms. The first-order valence-electron chi connectivity index (χ1n) is 7.63. The summed E-state index contributed by atoms with van der Waals surface area (Å²) in [6, 6.07) is 4.71. The fourth-order valence-corrected chi connectivity index (χ4v) is 3.51. The maximum absolute atomic E-state index is 5.47. The Bertz CT molecular complexity index is 566. The van der Waals surface area contributed by atoms with Gasteiger partial charge in [-0.3, -0.25) is 4.90 Å². The van der Waals surface area contributed by atoms with Gasteiger partial charge in [0.25, 0.3) is 0 Å². The molecule has 0 aliphatic carbocycles. The molecule has 2 aromatic rings. The monoisotopic (exact) mass is 322 g/mol. The fraction of sp³-hybridized carbons (Fsp3) is 0.600. The third kappa shape index (κ3) is 3.73. The van der Waals surface area contributed by atoms with Crippen LogP contribution < -0.4 is 5.32 Å². The van der Waals surface area contributed by atoms with Crippen LogP contribution in [0.15, 0.2) is 22.0 Å². The molecule has 2 aromatic heterocycles. The quantitative estimate of drug-likeness (QED) is 0.879. The van der Waals surface area contributed by atoms with Gasteiger partial charge < -0.3 is 14.6 Å². The number of nitrogens with one attached hydrogen (secondary N) is 1. The summed E-state index contributed by atoms with van der Waals surface area (Å²) in [5.41, 5.74) is 0. The second-order valence-electron chi connectivity index (χ2n) is 5.49. The Hall–Kier alpha value is -1.28. The molecule has 7 heteroatoms. The number of thiophene rings is 1. The van der Waals surface area contributed by atoms with Crippen molar-refractivity contribution in [2.45, 2.75) is 25.9 Å². The van der Waals surface area contributed by atoms with E-state index in [-0.39, 0.29) is 6.04 Å². The van der Waals surface area contributed by atoms with E-state index in [1.165, 1.54) is 4.88 Å². The number of ether oxygens (including phenoxy) is 1. The Morgan fingerprint density at radius 1 is 1.41 bits per heavy atom. The smallest absolute Gasteiger partial charge is 0.243 e. The number of rotatable bonds is 6. The maximum Gasteiger partial charge on any atom is 0.243 e. The first-order valence-corrected chi connectivity index (χ1v) is 8.51. The van der Waals surface area contributed by atoms with Crippen molar-refractivity contribution in [3.63, 3.8) is 0 Å². The largest absolute Gasteiger partial charge is 0.379 e. The standard InChI is InChI=1S/C15H22N4O2S/c1-11(15-17-12(2)18-21-15)16-10-13(14-4-3-9-22-14)19-5-7-20-8-6-19/h3-4,9,11,13,16H,5-8,10H2,1-2H3. The zero-order valence-electron chi connectivity index (χ0n) is 13.0. The van der Waals surface area contributed by atoms with Gasteiger partial charge in [-0.2, -0.15) is 4.98 Å². The Balaban J connectivity index is 1.65. The van der Waals surface area contributed by atoms with Crippen LogP contribution in [0.25, 0.3) is 0 Å². The van der Waals surface area contributed by atoms with Gasteiger partial charge in [-0.1, -0.05) is 11.2 Å². The lowest BCUT2D eigenvalue weighted by Gasteiger charge is -2.34. The molecule has 0 aromatic carbocycles. The fourth-order valence-electron chi connectivity index (χ4n) is 2.64. The summed E-state index contributed by atoms with van der Waals surface area (Å²) >= 11 is 1.80. The van der Waals surface area contributed by atoms with Crippen molar-refractivity contribution in [1.82, 2.24) is 20.4 Å². The van der Waals surface area contributed by atoms with Crippen molar-refractivity contribution >= 4 is 11.3 Å². The van der Waals surface area contributed by atoms with Crippen LogP contribution in [0.5, 0.6) is 0 Å². The van der Waals surface area contributed by atoms with E-state index in [1.807, 2.05) is 6.92 Å². The van der Waals surface area contributed by atoms with Gasteiger partial charge in [0.2, 0.25) is 5.89 Å². The van der Waals surface area contributed by atoms with E-state index in [1.54, 1.807) is 11.3 Å². The van der Waals surface area contributed by atoms with Gasteiger partial charge in [0.15, 0.2) is 5.82 Å². The van der Waals surface area contributed by atoms with Gasteiger partial charge in [0.05, 0.1) is 25.3 Å². The van der Waals surface area contributed by atoms with Gasteiger partial charge >= 0.3 is 0 Å². The van der Waals surface area contributed by atoms with Crippen LogP contribution in [0.3, 0.4) is 0 Å². The number of hydrogen-bond donors (Lipinski definition) is 1. The lowest BCUT2D eigenvalue weighted by Crippen LogP contribution is -2.42. The minimum absolute atomic E-state index is 0.0460. The van der Waals surface area contributed by atoms with Crippen molar-refractivity contribution < 1.29 is 9.26 Å². The van der Waals surface area contributed by atoms with Crippen molar-refractivity contribution in [2.75, 3.05) is 32.8 Å². The molecule has 1 aliphatic rings. The van der Waals surface area contributed by atoms with Crippen molar-refractivity contribution in [2.24, 2.45) is 0 Å². The number of aryl methyl sites for hydroxylation is 1. The zero-order chi connectivity index (χ0) is 15.4. The summed E-state index contributed by atoms with van der Waals surface area (Å²) in [7, 11) is 0. The van der Waals surface area contributed by atoms with Crippen LogP contribution in [-0.4, -0.2) is 47.9 Å². The number of nitrogens with zero attached hydrogens (tertiary/aromatic N) is 3. The molecule has 2 atom stereocenters. The minimum Gasteiger partial charge on any atom is -0.379 e. The molecule has 0 radical (unpaired) electrons. The average Bonchev–Trinajstić information content (AvgIpc) is 3.20. The summed E-state index contributed by atoms with van der Waals surface area (Å²) in [5.74, 6) is 1.32. The molecule has 1 N–H and O–H groups in total. The molecule has 1 fully saturated rings. The highest BCUT2D eigenvalue weighted by Crippen LogP contribution is 2.26. The van der Waals surface area contributed by atoms with Gasteiger partial charge in [-0.15, -0.1) is 11.3 Å². The van der Waals surface area contributed by atoms with Gasteiger partial charge in [-0.25, -0.2) is 0 Å². The summed E-state index contributed by atoms with van der Waals surface area (Å²) in [6.45, 7) is 8.29. The number of aromatic nitrogens is 2. The molecule has 2 unspecified atom stereocenters. The van der Waals surface area contributed by atoms with Gasteiger partial charge in [0, 0.05) is 24.5 Å². The van der Waals surface area contributed by atoms with E-state index in [4.69, 9.17) is 9.26 Å². The van der Waals surface area contributed by atoms with Crippen molar-refractivity contribution in [3.8, 4) is 0 Å². The summed E-state index contributed by atoms with van der Waals surface area (Å²) in [5, 5.41) is 9.51. The van der Waals surface area contributed by atoms with E-state index in [2.05, 4.69) is 44.8 Å². The highest BCUT2D eigenvalue weighted by Gasteiger charge is 2.24. The van der Waals surface area contributed by atoms with Gasteiger partial charge in [-0.05, 0) is 25.3 Å². The van der Waals surface area contributed by atoms with E-state index >= 15 is 0 Å². The Kier molecular flexibility index (Phi) is 5.20. The van der Waals surface area contributed by atoms with Crippen molar-refractivity contribution in [3.05, 3.63) is 34.1 Å². The molecule has 3 rings (SSSR count). The highest BCUT2D eigenvalue weighted by atomic mass is 32.1. The second kappa shape index (κ2) is 7.32. The third-order valence-corrected chi connectivity index (χ3v) is 4.86. The maximum atomic E-state index is 5.47. The van der Waals surface area contributed by atoms with E-state index in [0.717, 1.165) is 32.8 Å². The lowest BCUT2D eigenvalue weighted by atomic mass is 10.1. The molecule has 0 saturated carbocycles. The normalized spacial score (nSPS) is 19.2. The lowest BCUT2D eigenvalue weighted by molar-refractivity contribution is 0.0162. The predicted octanol–water partition coefficient (Wildman–Crippen LogP) is 2.16. The molecular formula is C15H22N4O2S. The molecule has 1 aliphatic heterocycles. The Morgan fingerprint density at radius 2 is 2.23 bits per heavy atom. The molecule has 3 heterocycles. The van der Waals surface area contributed by atoms with Crippen molar-refractivity contribution in [1.29, 1.82) is 0 Å². The molecular weight excluding hydrogens is 300 g/mol. The van der Waals surface area contributed by atoms with Crippen LogP contribution in [0.2, 0.25) is 0 Å². The number of morpholine rings is 1. The molecule has 0 amide bonds. The van der Waals surface area contributed by atoms with E-state index in [0.29, 0.717) is 17.8 Å². The molecule has 0 spiro atoms. The summed E-state index contributed by atoms with van der Waals surface area (Å²) in [6.07, 6.45) is 0. The SMILES string of the molecule is Cc1noc(C(C)NCC(c2cccs2)N2CCOCC2)n1.